The maximum absolute atomic E-state index is 12.9. The molecule has 1 aromatic heterocycles. The molecule has 1 N–H and O–H groups in total. The van der Waals surface area contributed by atoms with Gasteiger partial charge in [-0.1, -0.05) is 36.9 Å². The van der Waals surface area contributed by atoms with Gasteiger partial charge in [0.15, 0.2) is 5.84 Å². The Morgan fingerprint density at radius 1 is 1.24 bits per heavy atom. The van der Waals surface area contributed by atoms with Gasteiger partial charge in [0.2, 0.25) is 5.90 Å². The van der Waals surface area contributed by atoms with Gasteiger partial charge in [-0.25, -0.2) is 18.6 Å². The van der Waals surface area contributed by atoms with Gasteiger partial charge in [-0.15, -0.1) is 0 Å². The molecule has 150 valence electrons. The first-order chi connectivity index (χ1) is 13.9. The molecule has 0 aliphatic carbocycles. The molecule has 29 heavy (non-hydrogen) atoms. The lowest BCUT2D eigenvalue weighted by atomic mass is 10.2. The van der Waals surface area contributed by atoms with Gasteiger partial charge in [0.1, 0.15) is 17.1 Å². The van der Waals surface area contributed by atoms with E-state index >= 15 is 0 Å². The van der Waals surface area contributed by atoms with Crippen LogP contribution in [0.25, 0.3) is 0 Å². The number of hydrogen-bond acceptors (Lipinski definition) is 5. The van der Waals surface area contributed by atoms with Gasteiger partial charge in [-0.05, 0) is 31.2 Å². The van der Waals surface area contributed by atoms with Crippen LogP contribution in [-0.4, -0.2) is 29.3 Å². The molecular formula is C21H19F2N3O3. The standard InChI is InChI=1S/C21H19F2N3O3/c1-3-14(21(27)28-4-2)13-18(29-15-9-6-5-7-10-15)26-20(24)17-12-8-11-16(25-17)19(22)23/h3,5-13,19,24H,1,4H2,2H3/b14-13-,24-20?,26-18?. The zero-order valence-electron chi connectivity index (χ0n) is 15.6. The van der Waals surface area contributed by atoms with Crippen LogP contribution in [0.1, 0.15) is 24.7 Å². The van der Waals surface area contributed by atoms with Crippen molar-refractivity contribution in [3.05, 3.63) is 84.2 Å². The molecule has 1 aromatic carbocycles. The minimum absolute atomic E-state index is 0.0589. The summed E-state index contributed by atoms with van der Waals surface area (Å²) in [5, 5.41) is 8.11. The highest BCUT2D eigenvalue weighted by atomic mass is 19.3. The van der Waals surface area contributed by atoms with Crippen LogP contribution in [-0.2, 0) is 9.53 Å². The fraction of sp³-hybridized carbons (Fsp3) is 0.143. The van der Waals surface area contributed by atoms with Crippen molar-refractivity contribution < 1.29 is 23.0 Å². The summed E-state index contributed by atoms with van der Waals surface area (Å²) in [5.41, 5.74) is -0.480. The lowest BCUT2D eigenvalue weighted by Crippen LogP contribution is -2.14. The Kier molecular flexibility index (Phi) is 7.90. The van der Waals surface area contributed by atoms with Crippen molar-refractivity contribution in [2.45, 2.75) is 13.3 Å². The fourth-order valence-corrected chi connectivity index (χ4v) is 2.11. The Balaban J connectivity index is 2.42. The van der Waals surface area contributed by atoms with E-state index < -0.39 is 23.9 Å². The number of benzene rings is 1. The average molecular weight is 399 g/mol. The van der Waals surface area contributed by atoms with Gasteiger partial charge in [0.25, 0.3) is 6.43 Å². The topological polar surface area (TPSA) is 84.6 Å². The molecule has 0 atom stereocenters. The molecule has 0 fully saturated rings. The number of aromatic nitrogens is 1. The van der Waals surface area contributed by atoms with E-state index in [9.17, 15) is 13.6 Å². The van der Waals surface area contributed by atoms with Crippen molar-refractivity contribution in [2.75, 3.05) is 6.61 Å². The number of alkyl halides is 2. The monoisotopic (exact) mass is 399 g/mol. The van der Waals surface area contributed by atoms with Crippen LogP contribution in [0, 0.1) is 5.41 Å². The number of para-hydroxylation sites is 1. The summed E-state index contributed by atoms with van der Waals surface area (Å²) in [7, 11) is 0. The van der Waals surface area contributed by atoms with Crippen LogP contribution in [0.3, 0.4) is 0 Å². The number of carbonyl (C=O) groups is 1. The Morgan fingerprint density at radius 2 is 1.97 bits per heavy atom. The Hall–Kier alpha value is -3.68. The number of ether oxygens (including phenoxy) is 2. The second-order valence-corrected chi connectivity index (χ2v) is 5.49. The molecule has 0 saturated heterocycles. The molecule has 0 spiro atoms. The fourth-order valence-electron chi connectivity index (χ4n) is 2.11. The highest BCUT2D eigenvalue weighted by molar-refractivity contribution is 6.08. The number of carbonyl (C=O) groups excluding carboxylic acids is 1. The van der Waals surface area contributed by atoms with E-state index in [2.05, 4.69) is 16.6 Å². The van der Waals surface area contributed by atoms with Crippen molar-refractivity contribution in [3.63, 3.8) is 0 Å². The average Bonchev–Trinajstić information content (AvgIpc) is 2.72. The summed E-state index contributed by atoms with van der Waals surface area (Å²) in [5.74, 6) is -0.788. The normalized spacial score (nSPS) is 11.9. The van der Waals surface area contributed by atoms with E-state index in [0.29, 0.717) is 5.75 Å². The van der Waals surface area contributed by atoms with E-state index in [1.54, 1.807) is 37.3 Å². The van der Waals surface area contributed by atoms with Crippen molar-refractivity contribution in [3.8, 4) is 5.75 Å². The van der Waals surface area contributed by atoms with E-state index in [1.807, 2.05) is 0 Å². The van der Waals surface area contributed by atoms with Crippen LogP contribution >= 0.6 is 0 Å². The number of hydrogen-bond donors (Lipinski definition) is 1. The summed E-state index contributed by atoms with van der Waals surface area (Å²) in [6.45, 7) is 5.38. The van der Waals surface area contributed by atoms with Crippen molar-refractivity contribution in [1.82, 2.24) is 4.98 Å². The van der Waals surface area contributed by atoms with Crippen molar-refractivity contribution >= 4 is 17.7 Å². The summed E-state index contributed by atoms with van der Waals surface area (Å²) < 4.78 is 36.3. The third kappa shape index (κ3) is 6.46. The second kappa shape index (κ2) is 10.6. The molecule has 0 aliphatic rings. The molecular weight excluding hydrogens is 380 g/mol. The lowest BCUT2D eigenvalue weighted by Gasteiger charge is -2.08. The summed E-state index contributed by atoms with van der Waals surface area (Å²) >= 11 is 0. The van der Waals surface area contributed by atoms with E-state index in [0.717, 1.165) is 6.07 Å². The SMILES string of the molecule is C=C/C(=C/C(=NC(=N)c1cccc(C(F)F)n1)Oc1ccccc1)C(=O)OCC. The van der Waals surface area contributed by atoms with E-state index in [1.165, 1.54) is 24.3 Å². The van der Waals surface area contributed by atoms with Gasteiger partial charge in [0.05, 0.1) is 12.2 Å². The van der Waals surface area contributed by atoms with Crippen molar-refractivity contribution in [2.24, 2.45) is 4.99 Å². The second-order valence-electron chi connectivity index (χ2n) is 5.49. The maximum atomic E-state index is 12.9. The Bertz CT molecular complexity index is 941. The predicted molar refractivity (Wildman–Crippen MR) is 105 cm³/mol. The van der Waals surface area contributed by atoms with Crippen LogP contribution in [0.5, 0.6) is 5.75 Å². The molecule has 1 heterocycles. The number of pyridine rings is 1. The van der Waals surface area contributed by atoms with Crippen LogP contribution in [0.4, 0.5) is 8.78 Å². The Morgan fingerprint density at radius 3 is 2.59 bits per heavy atom. The predicted octanol–water partition coefficient (Wildman–Crippen LogP) is 4.50. The molecule has 0 amide bonds. The van der Waals surface area contributed by atoms with Crippen molar-refractivity contribution in [1.29, 1.82) is 5.41 Å². The van der Waals surface area contributed by atoms with E-state index in [4.69, 9.17) is 14.9 Å². The summed E-state index contributed by atoms with van der Waals surface area (Å²) in [4.78, 5) is 19.8. The first-order valence-corrected chi connectivity index (χ1v) is 8.61. The molecule has 0 bridgehead atoms. The third-order valence-electron chi connectivity index (χ3n) is 3.43. The lowest BCUT2D eigenvalue weighted by molar-refractivity contribution is -0.138. The quantitative estimate of drug-likeness (QED) is 0.244. The first-order valence-electron chi connectivity index (χ1n) is 8.61. The molecule has 6 nitrogen and oxygen atoms in total. The Labute approximate surface area is 166 Å². The third-order valence-corrected chi connectivity index (χ3v) is 3.43. The number of nitrogens with zero attached hydrogens (tertiary/aromatic N) is 2. The minimum atomic E-state index is -2.78. The molecule has 0 radical (unpaired) electrons. The van der Waals surface area contributed by atoms with Crippen LogP contribution in [0.2, 0.25) is 0 Å². The van der Waals surface area contributed by atoms with Crippen LogP contribution < -0.4 is 4.74 Å². The van der Waals surface area contributed by atoms with Gasteiger partial charge >= 0.3 is 5.97 Å². The van der Waals surface area contributed by atoms with Crippen LogP contribution in [0.15, 0.2) is 77.8 Å². The number of nitrogens with one attached hydrogen (secondary N) is 1. The molecule has 0 saturated carbocycles. The molecule has 2 rings (SSSR count). The maximum Gasteiger partial charge on any atom is 0.338 e. The number of amidine groups is 1. The smallest absolute Gasteiger partial charge is 0.338 e. The van der Waals surface area contributed by atoms with E-state index in [-0.39, 0.29) is 23.8 Å². The van der Waals surface area contributed by atoms with Gasteiger partial charge in [-0.3, -0.25) is 5.41 Å². The molecule has 8 heteroatoms. The summed E-state index contributed by atoms with van der Waals surface area (Å²) in [6.07, 6.45) is -0.257. The minimum Gasteiger partial charge on any atom is -0.462 e. The number of halogens is 2. The van der Waals surface area contributed by atoms with Gasteiger partial charge in [0, 0.05) is 6.08 Å². The number of esters is 1. The highest BCUT2D eigenvalue weighted by Crippen LogP contribution is 2.17. The van der Waals surface area contributed by atoms with Gasteiger partial charge < -0.3 is 9.47 Å². The largest absolute Gasteiger partial charge is 0.462 e. The highest BCUT2D eigenvalue weighted by Gasteiger charge is 2.14. The zero-order chi connectivity index (χ0) is 21.2. The number of aliphatic imine (C=N–C) groups is 1. The van der Waals surface area contributed by atoms with Gasteiger partial charge in [-0.2, -0.15) is 4.99 Å². The zero-order valence-corrected chi connectivity index (χ0v) is 15.6. The molecule has 2 aromatic rings. The first kappa shape index (κ1) is 21.6. The molecule has 0 aliphatic heterocycles. The number of rotatable bonds is 7. The molecule has 0 unspecified atom stereocenters. The summed E-state index contributed by atoms with van der Waals surface area (Å²) in [6, 6.07) is 12.4.